The second kappa shape index (κ2) is 11.9. The van der Waals surface area contributed by atoms with E-state index in [0.29, 0.717) is 30.9 Å². The fourth-order valence-electron chi connectivity index (χ4n) is 2.61. The number of hydrogen-bond donors (Lipinski definition) is 1. The van der Waals surface area contributed by atoms with Gasteiger partial charge in [-0.3, -0.25) is 10.1 Å². The largest absolute Gasteiger partial charge is 0.493 e. The summed E-state index contributed by atoms with van der Waals surface area (Å²) in [6.45, 7) is 2.49. The Morgan fingerprint density at radius 2 is 1.74 bits per heavy atom. The van der Waals surface area contributed by atoms with Crippen molar-refractivity contribution in [3.05, 3.63) is 65.7 Å². The molecular weight excluding hydrogens is 476 g/mol. The minimum Gasteiger partial charge on any atom is -0.493 e. The Morgan fingerprint density at radius 3 is 2.35 bits per heavy atom. The van der Waals surface area contributed by atoms with Gasteiger partial charge in [-0.2, -0.15) is 14.6 Å². The first kappa shape index (κ1) is 24.9. The molecule has 1 amide bonds. The van der Waals surface area contributed by atoms with Crippen molar-refractivity contribution in [3.63, 3.8) is 0 Å². The third-order valence-corrected chi connectivity index (χ3v) is 6.66. The fraction of sp³-hybridized carbons (Fsp3) is 0.217. The number of amides is 1. The highest BCUT2D eigenvalue weighted by Gasteiger charge is 2.20. The molecule has 0 aliphatic rings. The molecule has 0 spiro atoms. The maximum atomic E-state index is 12.4. The molecule has 0 aliphatic carbocycles. The lowest BCUT2D eigenvalue weighted by Gasteiger charge is -2.08. The Balaban J connectivity index is 1.51. The van der Waals surface area contributed by atoms with Gasteiger partial charge in [0.2, 0.25) is 15.0 Å². The van der Waals surface area contributed by atoms with Crippen molar-refractivity contribution in [2.45, 2.75) is 18.5 Å². The van der Waals surface area contributed by atoms with Crippen LogP contribution in [0.3, 0.4) is 0 Å². The van der Waals surface area contributed by atoms with Gasteiger partial charge in [-0.05, 0) is 35.9 Å². The number of benzene rings is 2. The molecule has 11 heteroatoms. The van der Waals surface area contributed by atoms with Crippen LogP contribution in [0.5, 0.6) is 11.5 Å². The molecule has 1 aromatic heterocycles. The van der Waals surface area contributed by atoms with E-state index in [1.165, 1.54) is 13.0 Å². The van der Waals surface area contributed by atoms with Gasteiger partial charge < -0.3 is 9.47 Å². The van der Waals surface area contributed by atoms with Crippen LogP contribution in [0, 0.1) is 11.3 Å². The summed E-state index contributed by atoms with van der Waals surface area (Å²) >= 11 is 0.732. The molecular formula is C23H22N4O5S2. The number of sulfone groups is 1. The van der Waals surface area contributed by atoms with Gasteiger partial charge in [0, 0.05) is 18.0 Å². The number of carbonyl (C=O) groups is 1. The molecule has 3 rings (SSSR count). The van der Waals surface area contributed by atoms with E-state index in [4.69, 9.17) is 9.47 Å². The van der Waals surface area contributed by atoms with Crippen LogP contribution in [-0.4, -0.2) is 42.6 Å². The molecule has 9 nitrogen and oxygen atoms in total. The van der Waals surface area contributed by atoms with Crippen molar-refractivity contribution in [3.8, 4) is 17.6 Å². The predicted octanol–water partition coefficient (Wildman–Crippen LogP) is 3.73. The van der Waals surface area contributed by atoms with E-state index in [0.717, 1.165) is 17.3 Å². The Hall–Kier alpha value is -3.75. The average molecular weight is 499 g/mol. The maximum Gasteiger partial charge on any atom is 0.268 e. The molecule has 2 aromatic carbocycles. The van der Waals surface area contributed by atoms with Gasteiger partial charge in [0.25, 0.3) is 11.1 Å². The number of ether oxygens (including phenoxy) is 2. The minimum atomic E-state index is -3.58. The van der Waals surface area contributed by atoms with Gasteiger partial charge in [-0.1, -0.05) is 37.3 Å². The van der Waals surface area contributed by atoms with Crippen molar-refractivity contribution in [1.29, 1.82) is 5.26 Å². The van der Waals surface area contributed by atoms with Gasteiger partial charge in [0.05, 0.1) is 19.0 Å². The number of carbonyl (C=O) groups excluding carboxylic acids is 1. The molecule has 0 unspecified atom stereocenters. The zero-order valence-electron chi connectivity index (χ0n) is 18.3. The lowest BCUT2D eigenvalue weighted by Crippen LogP contribution is -2.13. The first-order valence-corrected chi connectivity index (χ1v) is 12.7. The summed E-state index contributed by atoms with van der Waals surface area (Å²) < 4.78 is 38.7. The van der Waals surface area contributed by atoms with Crippen molar-refractivity contribution in [1.82, 2.24) is 9.36 Å². The zero-order chi connectivity index (χ0) is 24.4. The molecule has 0 atom stereocenters. The van der Waals surface area contributed by atoms with Gasteiger partial charge >= 0.3 is 0 Å². The summed E-state index contributed by atoms with van der Waals surface area (Å²) in [5.41, 5.74) is 0.458. The van der Waals surface area contributed by atoms with Gasteiger partial charge in [-0.25, -0.2) is 8.42 Å². The fourth-order valence-corrected chi connectivity index (χ4v) is 4.20. The molecule has 0 saturated heterocycles. The Bertz CT molecular complexity index is 1280. The van der Waals surface area contributed by atoms with E-state index in [1.807, 2.05) is 36.4 Å². The third kappa shape index (κ3) is 7.13. The number of anilines is 1. The molecule has 34 heavy (non-hydrogen) atoms. The number of nitrogens with one attached hydrogen (secondary N) is 1. The van der Waals surface area contributed by atoms with Crippen molar-refractivity contribution in [2.24, 2.45) is 0 Å². The molecule has 1 heterocycles. The maximum absolute atomic E-state index is 12.4. The van der Waals surface area contributed by atoms with Crippen LogP contribution in [0.1, 0.15) is 18.9 Å². The van der Waals surface area contributed by atoms with Crippen LogP contribution in [0.25, 0.3) is 6.08 Å². The predicted molar refractivity (Wildman–Crippen MR) is 128 cm³/mol. The molecule has 0 fully saturated rings. The standard InChI is InChI=1S/C23H22N4O5S2/c1-2-34(29,30)23-26-22(33-27-23)25-21(28)18(16-24)15-17-9-11-20(12-10-17)32-14-6-13-31-19-7-4-3-5-8-19/h3-5,7-12,15H,2,6,13-14H2,1H3,(H,25,26,27,28). The number of nitrogens with zero attached hydrogens (tertiary/aromatic N) is 3. The summed E-state index contributed by atoms with van der Waals surface area (Å²) in [7, 11) is -3.58. The number of aromatic nitrogens is 2. The summed E-state index contributed by atoms with van der Waals surface area (Å²) in [6.07, 6.45) is 2.12. The summed E-state index contributed by atoms with van der Waals surface area (Å²) in [5, 5.41) is 11.4. The lowest BCUT2D eigenvalue weighted by atomic mass is 10.1. The SMILES string of the molecule is CCS(=O)(=O)c1nsc(NC(=O)C(C#N)=Cc2ccc(OCCCOc3ccccc3)cc2)n1. The highest BCUT2D eigenvalue weighted by atomic mass is 32.2. The van der Waals surface area contributed by atoms with Gasteiger partial charge in [0.15, 0.2) is 0 Å². The molecule has 0 radical (unpaired) electrons. The quantitative estimate of drug-likeness (QED) is 0.240. The molecule has 176 valence electrons. The first-order valence-electron chi connectivity index (χ1n) is 10.3. The number of hydrogen-bond acceptors (Lipinski definition) is 9. The first-order chi connectivity index (χ1) is 16.4. The smallest absolute Gasteiger partial charge is 0.268 e. The number of nitriles is 1. The Labute approximate surface area is 201 Å². The summed E-state index contributed by atoms with van der Waals surface area (Å²) in [5.74, 6) is 0.603. The average Bonchev–Trinajstić information content (AvgIpc) is 3.33. The van der Waals surface area contributed by atoms with E-state index in [1.54, 1.807) is 24.3 Å². The number of para-hydroxylation sites is 1. The van der Waals surface area contributed by atoms with Crippen LogP contribution in [-0.2, 0) is 14.6 Å². The van der Waals surface area contributed by atoms with Crippen molar-refractivity contribution in [2.75, 3.05) is 24.3 Å². The zero-order valence-corrected chi connectivity index (χ0v) is 19.9. The van der Waals surface area contributed by atoms with Crippen LogP contribution in [0.2, 0.25) is 0 Å². The highest BCUT2D eigenvalue weighted by Crippen LogP contribution is 2.18. The van der Waals surface area contributed by atoms with Crippen LogP contribution < -0.4 is 14.8 Å². The van der Waals surface area contributed by atoms with Crippen molar-refractivity contribution >= 4 is 38.5 Å². The van der Waals surface area contributed by atoms with E-state index < -0.39 is 15.7 Å². The van der Waals surface area contributed by atoms with Crippen molar-refractivity contribution < 1.29 is 22.7 Å². The third-order valence-electron chi connectivity index (χ3n) is 4.41. The molecule has 3 aromatic rings. The molecule has 0 bridgehead atoms. The Morgan fingerprint density at radius 1 is 1.09 bits per heavy atom. The highest BCUT2D eigenvalue weighted by molar-refractivity contribution is 7.91. The minimum absolute atomic E-state index is 0.00170. The normalized spacial score (nSPS) is 11.5. The topological polar surface area (TPSA) is 131 Å². The monoisotopic (exact) mass is 498 g/mol. The van der Waals surface area contributed by atoms with Gasteiger partial charge in [-0.15, -0.1) is 0 Å². The van der Waals surface area contributed by atoms with E-state index in [-0.39, 0.29) is 21.6 Å². The summed E-state index contributed by atoms with van der Waals surface area (Å²) in [4.78, 5) is 16.2. The van der Waals surface area contributed by atoms with E-state index in [9.17, 15) is 18.5 Å². The lowest BCUT2D eigenvalue weighted by molar-refractivity contribution is -0.112. The second-order valence-electron chi connectivity index (χ2n) is 6.84. The second-order valence-corrected chi connectivity index (χ2v) is 9.77. The van der Waals surface area contributed by atoms with E-state index in [2.05, 4.69) is 14.7 Å². The van der Waals surface area contributed by atoms with E-state index >= 15 is 0 Å². The van der Waals surface area contributed by atoms with Crippen LogP contribution in [0.15, 0.2) is 65.3 Å². The number of rotatable bonds is 11. The molecule has 0 aliphatic heterocycles. The molecule has 1 N–H and O–H groups in total. The summed E-state index contributed by atoms with van der Waals surface area (Å²) in [6, 6.07) is 18.3. The van der Waals surface area contributed by atoms with Crippen LogP contribution >= 0.6 is 11.5 Å². The van der Waals surface area contributed by atoms with Gasteiger partial charge in [0.1, 0.15) is 23.1 Å². The molecule has 0 saturated carbocycles. The van der Waals surface area contributed by atoms with Crippen LogP contribution in [0.4, 0.5) is 5.13 Å². The Kier molecular flexibility index (Phi) is 8.73.